The number of carbonyl (C=O) groups is 1. The van der Waals surface area contributed by atoms with Crippen LogP contribution in [0.2, 0.25) is 0 Å². The molecule has 0 N–H and O–H groups in total. The summed E-state index contributed by atoms with van der Waals surface area (Å²) >= 11 is 0. The molecule has 0 aromatic rings. The highest BCUT2D eigenvalue weighted by molar-refractivity contribution is 5.54. The molecule has 3 aliphatic carbocycles. The third kappa shape index (κ3) is 3.19. The first kappa shape index (κ1) is 17.7. The average molecular weight is 327 g/mol. The van der Waals surface area contributed by atoms with Gasteiger partial charge in [0.15, 0.2) is 0 Å². The zero-order valence-corrected chi connectivity index (χ0v) is 15.8. The summed E-state index contributed by atoms with van der Waals surface area (Å²) in [6.07, 6.45) is 16.0. The quantitative estimate of drug-likeness (QED) is 0.559. The van der Waals surface area contributed by atoms with E-state index >= 15 is 0 Å². The van der Waals surface area contributed by atoms with Gasteiger partial charge in [0.2, 0.25) is 0 Å². The van der Waals surface area contributed by atoms with E-state index in [0.29, 0.717) is 17.3 Å². The van der Waals surface area contributed by atoms with Crippen LogP contribution in [0.5, 0.6) is 0 Å². The molecule has 0 aliphatic heterocycles. The van der Waals surface area contributed by atoms with Gasteiger partial charge in [-0.2, -0.15) is 0 Å². The number of hydrogen-bond acceptors (Lipinski definition) is 1. The smallest absolute Gasteiger partial charge is 0.123 e. The van der Waals surface area contributed by atoms with Gasteiger partial charge in [0.1, 0.15) is 6.29 Å². The molecule has 132 valence electrons. The van der Waals surface area contributed by atoms with E-state index in [1.807, 2.05) is 0 Å². The van der Waals surface area contributed by atoms with Crippen LogP contribution in [-0.4, -0.2) is 6.29 Å². The maximum absolute atomic E-state index is 11.4. The molecule has 0 amide bonds. The van der Waals surface area contributed by atoms with Crippen molar-refractivity contribution in [1.29, 1.82) is 0 Å². The number of allylic oxidation sites excluding steroid dienone is 5. The molecular formula is C23H34O. The molecule has 0 aromatic heterocycles. The van der Waals surface area contributed by atoms with Crippen molar-refractivity contribution < 1.29 is 4.79 Å². The second-order valence-electron chi connectivity index (χ2n) is 8.98. The average Bonchev–Trinajstić information content (AvgIpc) is 2.92. The normalized spacial score (nSPS) is 41.5. The fraction of sp³-hybridized carbons (Fsp3) is 0.696. The van der Waals surface area contributed by atoms with Crippen LogP contribution in [0.15, 0.2) is 35.5 Å². The standard InChI is InChI=1S/C23H34O/c1-16-7-8-17(2)20(14-16)10-9-19-6-5-13-23(4)21(18(3)15-24)11-12-22(19)23/h9-10,15-16,18,21-22H,2,5-8,11-14H2,1,3-4H3/b19-9+,20-10+/t16-,18+,21?,22?,23+/m0/s1. The van der Waals surface area contributed by atoms with Gasteiger partial charge in [0, 0.05) is 5.92 Å². The Labute approximate surface area is 148 Å². The number of carbonyl (C=O) groups excluding carboxylic acids is 1. The molecule has 1 nitrogen and oxygen atoms in total. The van der Waals surface area contributed by atoms with Crippen LogP contribution in [0.1, 0.15) is 72.1 Å². The third-order valence-electron chi connectivity index (χ3n) is 7.35. The first-order chi connectivity index (χ1) is 11.5. The fourth-order valence-corrected chi connectivity index (χ4v) is 5.83. The molecule has 0 aromatic carbocycles. The molecule has 3 aliphatic rings. The Bertz CT molecular complexity index is 567. The van der Waals surface area contributed by atoms with Crippen molar-refractivity contribution in [2.45, 2.75) is 72.1 Å². The lowest BCUT2D eigenvalue weighted by Crippen LogP contribution is -2.36. The minimum Gasteiger partial charge on any atom is -0.303 e. The number of aldehydes is 1. The van der Waals surface area contributed by atoms with Crippen LogP contribution in [0.3, 0.4) is 0 Å². The highest BCUT2D eigenvalue weighted by Crippen LogP contribution is 2.59. The maximum atomic E-state index is 11.4. The van der Waals surface area contributed by atoms with E-state index in [1.165, 1.54) is 62.4 Å². The van der Waals surface area contributed by atoms with E-state index in [2.05, 4.69) is 39.5 Å². The highest BCUT2D eigenvalue weighted by Gasteiger charge is 2.50. The minimum atomic E-state index is 0.205. The van der Waals surface area contributed by atoms with Crippen LogP contribution in [0.4, 0.5) is 0 Å². The molecule has 0 saturated heterocycles. The van der Waals surface area contributed by atoms with Gasteiger partial charge in [-0.3, -0.25) is 0 Å². The van der Waals surface area contributed by atoms with Crippen molar-refractivity contribution in [3.8, 4) is 0 Å². The van der Waals surface area contributed by atoms with Gasteiger partial charge in [0.25, 0.3) is 0 Å². The Morgan fingerprint density at radius 2 is 2.00 bits per heavy atom. The lowest BCUT2D eigenvalue weighted by molar-refractivity contribution is -0.113. The molecule has 0 spiro atoms. The number of hydrogen-bond donors (Lipinski definition) is 0. The van der Waals surface area contributed by atoms with Gasteiger partial charge in [-0.25, -0.2) is 0 Å². The Hall–Kier alpha value is -1.11. The molecule has 24 heavy (non-hydrogen) atoms. The van der Waals surface area contributed by atoms with Gasteiger partial charge in [-0.05, 0) is 80.1 Å². The van der Waals surface area contributed by atoms with E-state index in [-0.39, 0.29) is 5.92 Å². The molecule has 3 rings (SSSR count). The molecule has 3 fully saturated rings. The van der Waals surface area contributed by atoms with Crippen molar-refractivity contribution in [3.05, 3.63) is 35.5 Å². The summed E-state index contributed by atoms with van der Waals surface area (Å²) in [6, 6.07) is 0. The van der Waals surface area contributed by atoms with Crippen molar-refractivity contribution in [1.82, 2.24) is 0 Å². The van der Waals surface area contributed by atoms with Crippen LogP contribution in [0.25, 0.3) is 0 Å². The topological polar surface area (TPSA) is 17.1 Å². The zero-order chi connectivity index (χ0) is 17.3. The Balaban J connectivity index is 1.82. The summed E-state index contributed by atoms with van der Waals surface area (Å²) in [7, 11) is 0. The van der Waals surface area contributed by atoms with Crippen molar-refractivity contribution >= 4 is 6.29 Å². The fourth-order valence-electron chi connectivity index (χ4n) is 5.83. The summed E-state index contributed by atoms with van der Waals surface area (Å²) in [4.78, 5) is 11.4. The second kappa shape index (κ2) is 7.02. The SMILES string of the molecule is C=C1CC[C@H](C)C/C1=C\C=C1/CCC[C@@]2(C)C1CCC2[C@H](C)C=O. The number of rotatable bonds is 3. The lowest BCUT2D eigenvalue weighted by atomic mass is 9.61. The first-order valence-corrected chi connectivity index (χ1v) is 9.98. The summed E-state index contributed by atoms with van der Waals surface area (Å²) in [5.41, 5.74) is 4.80. The molecule has 2 unspecified atom stereocenters. The molecule has 0 radical (unpaired) electrons. The van der Waals surface area contributed by atoms with Crippen molar-refractivity contribution in [2.75, 3.05) is 0 Å². The Morgan fingerprint density at radius 3 is 2.75 bits per heavy atom. The van der Waals surface area contributed by atoms with Crippen LogP contribution >= 0.6 is 0 Å². The van der Waals surface area contributed by atoms with Gasteiger partial charge in [-0.15, -0.1) is 0 Å². The predicted octanol–water partition coefficient (Wildman–Crippen LogP) is 6.27. The monoisotopic (exact) mass is 326 g/mol. The van der Waals surface area contributed by atoms with Crippen LogP contribution in [0, 0.1) is 29.1 Å². The van der Waals surface area contributed by atoms with E-state index in [0.717, 1.165) is 12.3 Å². The highest BCUT2D eigenvalue weighted by atomic mass is 16.1. The molecule has 5 atom stereocenters. The predicted molar refractivity (Wildman–Crippen MR) is 102 cm³/mol. The first-order valence-electron chi connectivity index (χ1n) is 9.98. The minimum absolute atomic E-state index is 0.205. The van der Waals surface area contributed by atoms with Crippen LogP contribution < -0.4 is 0 Å². The summed E-state index contributed by atoms with van der Waals surface area (Å²) < 4.78 is 0. The van der Waals surface area contributed by atoms with Gasteiger partial charge < -0.3 is 4.79 Å². The summed E-state index contributed by atoms with van der Waals surface area (Å²) in [5.74, 6) is 2.25. The van der Waals surface area contributed by atoms with E-state index in [4.69, 9.17) is 0 Å². The second-order valence-corrected chi connectivity index (χ2v) is 8.98. The maximum Gasteiger partial charge on any atom is 0.123 e. The van der Waals surface area contributed by atoms with E-state index in [1.54, 1.807) is 5.57 Å². The largest absolute Gasteiger partial charge is 0.303 e. The van der Waals surface area contributed by atoms with E-state index < -0.39 is 0 Å². The molecular weight excluding hydrogens is 292 g/mol. The number of fused-ring (bicyclic) bond motifs is 1. The lowest BCUT2D eigenvalue weighted by Gasteiger charge is -2.43. The Kier molecular flexibility index (Phi) is 5.18. The molecule has 0 bridgehead atoms. The van der Waals surface area contributed by atoms with Crippen molar-refractivity contribution in [3.63, 3.8) is 0 Å². The van der Waals surface area contributed by atoms with Crippen LogP contribution in [-0.2, 0) is 4.79 Å². The van der Waals surface area contributed by atoms with Gasteiger partial charge >= 0.3 is 0 Å². The van der Waals surface area contributed by atoms with Gasteiger partial charge in [-0.1, -0.05) is 50.6 Å². The molecule has 1 heteroatoms. The van der Waals surface area contributed by atoms with Crippen molar-refractivity contribution in [2.24, 2.45) is 29.1 Å². The summed E-state index contributed by atoms with van der Waals surface area (Å²) in [5, 5.41) is 0. The van der Waals surface area contributed by atoms with Gasteiger partial charge in [0.05, 0.1) is 0 Å². The zero-order valence-electron chi connectivity index (χ0n) is 15.8. The summed E-state index contributed by atoms with van der Waals surface area (Å²) in [6.45, 7) is 11.2. The molecule has 0 heterocycles. The molecule has 3 saturated carbocycles. The third-order valence-corrected chi connectivity index (χ3v) is 7.35. The van der Waals surface area contributed by atoms with E-state index in [9.17, 15) is 4.79 Å². The Morgan fingerprint density at radius 1 is 1.21 bits per heavy atom.